The average molecular weight is 513 g/mol. The smallest absolute Gasteiger partial charge is 0.326 e. The van der Waals surface area contributed by atoms with Gasteiger partial charge < -0.3 is 30.4 Å². The summed E-state index contributed by atoms with van der Waals surface area (Å²) in [7, 11) is 0. The van der Waals surface area contributed by atoms with Crippen molar-refractivity contribution in [2.75, 3.05) is 0 Å². The van der Waals surface area contributed by atoms with Crippen LogP contribution in [0.25, 0.3) is 0 Å². The lowest BCUT2D eigenvalue weighted by molar-refractivity contribution is -0.576. The van der Waals surface area contributed by atoms with Gasteiger partial charge in [-0.05, 0) is 44.4 Å². The maximum Gasteiger partial charge on any atom is 0.326 e. The van der Waals surface area contributed by atoms with Gasteiger partial charge in [0, 0.05) is 31.1 Å². The van der Waals surface area contributed by atoms with Crippen molar-refractivity contribution in [1.29, 1.82) is 0 Å². The Kier molecular flexibility index (Phi) is 7.61. The first kappa shape index (κ1) is 26.8. The zero-order valence-electron chi connectivity index (χ0n) is 20.9. The molecule has 0 aromatic carbocycles. The Labute approximate surface area is 209 Å². The van der Waals surface area contributed by atoms with Gasteiger partial charge in [-0.3, -0.25) is 14.4 Å². The summed E-state index contributed by atoms with van der Waals surface area (Å²) >= 11 is 0. The summed E-state index contributed by atoms with van der Waals surface area (Å²) < 4.78 is 18.1. The number of carboxylic acids is 1. The van der Waals surface area contributed by atoms with E-state index in [0.717, 1.165) is 19.3 Å². The summed E-state index contributed by atoms with van der Waals surface area (Å²) in [4.78, 5) is 58.9. The number of primary amides is 1. The van der Waals surface area contributed by atoms with E-state index in [0.29, 0.717) is 12.3 Å². The fourth-order valence-electron chi connectivity index (χ4n) is 6.22. The molecule has 1 spiro atoms. The van der Waals surface area contributed by atoms with Gasteiger partial charge in [-0.15, -0.1) is 0 Å². The summed E-state index contributed by atoms with van der Waals surface area (Å²) in [6, 6.07) is -1.27. The molecular formula is C24H36N2O10. The second kappa shape index (κ2) is 10.2. The molecule has 9 atom stereocenters. The van der Waals surface area contributed by atoms with E-state index in [2.05, 4.69) is 12.2 Å². The standard InChI is InChI=1S/C24H36N2O10/c1-12-4-5-15-13(2)21(33-22-24(15)14(12)10-11-23(3,34-22)35-36-24)32-19(29)9-8-18(28)26-16(20(30)31)6-7-17(25)27/h12-16,21-22H,4-11H2,1-3H3,(H2,25,27)(H,26,28)(H,30,31)/t12-,13-,14+,15+,16?,21-,22-,23-,24-/m1/s1. The first-order valence-corrected chi connectivity index (χ1v) is 12.7. The molecule has 1 unspecified atom stereocenters. The van der Waals surface area contributed by atoms with Gasteiger partial charge in [0.15, 0.2) is 11.9 Å². The lowest BCUT2D eigenvalue weighted by atomic mass is 9.58. The summed E-state index contributed by atoms with van der Waals surface area (Å²) in [5.74, 6) is -3.82. The maximum atomic E-state index is 12.6. The molecule has 0 aromatic heterocycles. The van der Waals surface area contributed by atoms with Gasteiger partial charge in [0.05, 0.1) is 6.42 Å². The van der Waals surface area contributed by atoms with Crippen LogP contribution < -0.4 is 11.1 Å². The highest BCUT2D eigenvalue weighted by atomic mass is 17.3. The third kappa shape index (κ3) is 5.09. The summed E-state index contributed by atoms with van der Waals surface area (Å²) in [5.41, 5.74) is 4.27. The molecule has 4 saturated heterocycles. The Bertz CT molecular complexity index is 898. The summed E-state index contributed by atoms with van der Waals surface area (Å²) in [6.45, 7) is 5.97. The number of carbonyl (C=O) groups excluding carboxylic acids is 3. The number of nitrogens with two attached hydrogens (primary N) is 1. The molecule has 202 valence electrons. The van der Waals surface area contributed by atoms with Crippen molar-refractivity contribution in [2.24, 2.45) is 29.4 Å². The largest absolute Gasteiger partial charge is 0.480 e. The van der Waals surface area contributed by atoms with E-state index in [-0.39, 0.29) is 43.4 Å². The van der Waals surface area contributed by atoms with Crippen molar-refractivity contribution in [3.8, 4) is 0 Å². The second-order valence-corrected chi connectivity index (χ2v) is 10.7. The minimum atomic E-state index is -1.29. The number of fused-ring (bicyclic) bond motifs is 2. The molecule has 4 N–H and O–H groups in total. The zero-order valence-corrected chi connectivity index (χ0v) is 20.9. The predicted molar refractivity (Wildman–Crippen MR) is 120 cm³/mol. The lowest BCUT2D eigenvalue weighted by Gasteiger charge is -2.59. The van der Waals surface area contributed by atoms with Gasteiger partial charge in [0.2, 0.25) is 23.9 Å². The second-order valence-electron chi connectivity index (χ2n) is 10.7. The number of nitrogens with one attached hydrogen (secondary N) is 1. The van der Waals surface area contributed by atoms with Gasteiger partial charge >= 0.3 is 11.9 Å². The van der Waals surface area contributed by atoms with E-state index in [9.17, 15) is 24.3 Å². The molecule has 2 bridgehead atoms. The van der Waals surface area contributed by atoms with Crippen molar-refractivity contribution >= 4 is 23.8 Å². The van der Waals surface area contributed by atoms with Crippen molar-refractivity contribution in [2.45, 2.75) is 102 Å². The molecule has 36 heavy (non-hydrogen) atoms. The molecule has 4 aliphatic heterocycles. The number of hydrogen-bond donors (Lipinski definition) is 3. The van der Waals surface area contributed by atoms with E-state index in [4.69, 9.17) is 29.7 Å². The molecular weight excluding hydrogens is 476 g/mol. The van der Waals surface area contributed by atoms with Crippen LogP contribution in [0.5, 0.6) is 0 Å². The topological polar surface area (TPSA) is 173 Å². The third-order valence-corrected chi connectivity index (χ3v) is 8.21. The SMILES string of the molecule is C[C@H]1[C@H](OC(=O)CCC(=O)NC(CCC(N)=O)C(=O)O)O[C@@H]2O[C@@]3(C)CC[C@H]4[C@H](C)CC[C@@H]1[C@@]24OO3. The molecule has 12 heteroatoms. The van der Waals surface area contributed by atoms with Crippen LogP contribution in [0.3, 0.4) is 0 Å². The van der Waals surface area contributed by atoms with E-state index in [1.54, 1.807) is 0 Å². The van der Waals surface area contributed by atoms with E-state index in [1.165, 1.54) is 0 Å². The molecule has 1 aliphatic carbocycles. The average Bonchev–Trinajstić information content (AvgIpc) is 3.04. The minimum absolute atomic E-state index is 0.0113. The lowest BCUT2D eigenvalue weighted by Crippen LogP contribution is -2.70. The molecule has 12 nitrogen and oxygen atoms in total. The normalized spacial score (nSPS) is 39.9. The number of rotatable bonds is 9. The molecule has 5 aliphatic rings. The minimum Gasteiger partial charge on any atom is -0.480 e. The van der Waals surface area contributed by atoms with Gasteiger partial charge in [-0.25, -0.2) is 14.6 Å². The molecule has 1 saturated carbocycles. The molecule has 4 heterocycles. The van der Waals surface area contributed by atoms with Crippen molar-refractivity contribution in [1.82, 2.24) is 5.32 Å². The highest BCUT2D eigenvalue weighted by molar-refractivity contribution is 5.86. The first-order valence-electron chi connectivity index (χ1n) is 12.7. The molecule has 2 amide bonds. The number of hydrogen-bond acceptors (Lipinski definition) is 9. The summed E-state index contributed by atoms with van der Waals surface area (Å²) in [6.07, 6.45) is 0.910. The molecule has 5 rings (SSSR count). The van der Waals surface area contributed by atoms with Crippen molar-refractivity contribution < 1.29 is 48.3 Å². The molecule has 0 radical (unpaired) electrons. The Morgan fingerprint density at radius 1 is 1.08 bits per heavy atom. The predicted octanol–water partition coefficient (Wildman–Crippen LogP) is 1.35. The van der Waals surface area contributed by atoms with Gasteiger partial charge in [-0.1, -0.05) is 13.8 Å². The molecule has 0 aromatic rings. The number of ether oxygens (including phenoxy) is 3. The fraction of sp³-hybridized carbons (Fsp3) is 0.833. The number of amides is 2. The highest BCUT2D eigenvalue weighted by Crippen LogP contribution is 2.60. The number of aliphatic carboxylic acids is 1. The zero-order chi connectivity index (χ0) is 26.3. The third-order valence-electron chi connectivity index (χ3n) is 8.21. The van der Waals surface area contributed by atoms with Gasteiger partial charge in [0.1, 0.15) is 6.04 Å². The van der Waals surface area contributed by atoms with E-state index >= 15 is 0 Å². The van der Waals surface area contributed by atoms with Crippen LogP contribution in [0.1, 0.15) is 72.1 Å². The Balaban J connectivity index is 1.36. The number of carbonyl (C=O) groups is 4. The Hall–Kier alpha value is -2.28. The van der Waals surface area contributed by atoms with Crippen LogP contribution in [-0.4, -0.2) is 58.9 Å². The van der Waals surface area contributed by atoms with Gasteiger partial charge in [-0.2, -0.15) is 0 Å². The first-order chi connectivity index (χ1) is 16.9. The monoisotopic (exact) mass is 512 g/mol. The summed E-state index contributed by atoms with van der Waals surface area (Å²) in [5, 5.41) is 11.5. The Morgan fingerprint density at radius 2 is 1.83 bits per heavy atom. The van der Waals surface area contributed by atoms with Crippen molar-refractivity contribution in [3.63, 3.8) is 0 Å². The van der Waals surface area contributed by atoms with Crippen LogP contribution in [0.4, 0.5) is 0 Å². The van der Waals surface area contributed by atoms with E-state index < -0.39 is 53.8 Å². The van der Waals surface area contributed by atoms with E-state index in [1.807, 2.05) is 13.8 Å². The van der Waals surface area contributed by atoms with Crippen LogP contribution in [0.2, 0.25) is 0 Å². The highest BCUT2D eigenvalue weighted by Gasteiger charge is 2.69. The maximum absolute atomic E-state index is 12.6. The Morgan fingerprint density at radius 3 is 2.53 bits per heavy atom. The number of carboxylic acid groups (broad SMARTS) is 1. The molecule has 5 fully saturated rings. The number of esters is 1. The van der Waals surface area contributed by atoms with Crippen LogP contribution >= 0.6 is 0 Å². The quantitative estimate of drug-likeness (QED) is 0.302. The fourth-order valence-corrected chi connectivity index (χ4v) is 6.22. The van der Waals surface area contributed by atoms with Gasteiger partial charge in [0.25, 0.3) is 0 Å². The van der Waals surface area contributed by atoms with Crippen molar-refractivity contribution in [3.05, 3.63) is 0 Å². The van der Waals surface area contributed by atoms with Crippen LogP contribution in [-0.2, 0) is 43.2 Å². The van der Waals surface area contributed by atoms with Crippen LogP contribution in [0.15, 0.2) is 0 Å². The van der Waals surface area contributed by atoms with Crippen LogP contribution in [0, 0.1) is 23.7 Å².